The molecule has 190 valence electrons. The number of carbonyl (C=O) groups excluding carboxylic acids is 4. The number of aromatic hydroxyl groups is 1. The Bertz CT molecular complexity index is 1080. The fourth-order valence-corrected chi connectivity index (χ4v) is 3.99. The van der Waals surface area contributed by atoms with Crippen molar-refractivity contribution in [3.8, 4) is 5.75 Å². The molecule has 1 heterocycles. The average molecular weight is 506 g/mol. The van der Waals surface area contributed by atoms with Crippen LogP contribution in [0.3, 0.4) is 0 Å². The van der Waals surface area contributed by atoms with Crippen LogP contribution in [-0.4, -0.2) is 60.8 Å². The Kier molecular flexibility index (Phi) is 9.64. The van der Waals surface area contributed by atoms with E-state index in [-0.39, 0.29) is 23.1 Å². The molecular weight excluding hydrogens is 474 g/mol. The van der Waals surface area contributed by atoms with E-state index in [9.17, 15) is 24.3 Å². The molecule has 0 bridgehead atoms. The molecule has 10 nitrogen and oxygen atoms in total. The van der Waals surface area contributed by atoms with Crippen molar-refractivity contribution in [2.24, 2.45) is 0 Å². The maximum absolute atomic E-state index is 12.8. The van der Waals surface area contributed by atoms with Crippen LogP contribution in [0.15, 0.2) is 30.3 Å². The van der Waals surface area contributed by atoms with Gasteiger partial charge in [0.2, 0.25) is 0 Å². The number of amides is 3. The Labute approximate surface area is 208 Å². The molecule has 0 saturated heterocycles. The highest BCUT2D eigenvalue weighted by Gasteiger charge is 2.26. The summed E-state index contributed by atoms with van der Waals surface area (Å²) in [6.07, 6.45) is -0.207. The topological polar surface area (TPSA) is 143 Å². The number of phenolic OH excluding ortho intramolecular Hbond substituents is 1. The molecule has 4 N–H and O–H groups in total. The first kappa shape index (κ1) is 27.6. The van der Waals surface area contributed by atoms with Crippen LogP contribution >= 0.6 is 11.3 Å². The van der Waals surface area contributed by atoms with Crippen LogP contribution in [0.25, 0.3) is 0 Å². The summed E-state index contributed by atoms with van der Waals surface area (Å²) in [6.45, 7) is 6.90. The number of benzene rings is 1. The van der Waals surface area contributed by atoms with E-state index >= 15 is 0 Å². The highest BCUT2D eigenvalue weighted by atomic mass is 32.1. The molecule has 0 unspecified atom stereocenters. The fourth-order valence-electron chi connectivity index (χ4n) is 3.00. The fraction of sp³-hybridized carbons (Fsp3) is 0.417. The van der Waals surface area contributed by atoms with Crippen LogP contribution in [0.4, 0.5) is 4.79 Å². The van der Waals surface area contributed by atoms with E-state index in [0.29, 0.717) is 23.4 Å². The van der Waals surface area contributed by atoms with Crippen molar-refractivity contribution in [2.45, 2.75) is 45.8 Å². The van der Waals surface area contributed by atoms with Gasteiger partial charge in [0.05, 0.1) is 23.4 Å². The number of methoxy groups -OCH3 is 1. The lowest BCUT2D eigenvalue weighted by molar-refractivity contribution is -0.142. The number of hydrogen-bond acceptors (Lipinski definition) is 8. The molecule has 3 amide bonds. The van der Waals surface area contributed by atoms with Crippen LogP contribution in [0.1, 0.15) is 51.2 Å². The van der Waals surface area contributed by atoms with Crippen LogP contribution in [0.5, 0.6) is 5.75 Å². The first-order valence-corrected chi connectivity index (χ1v) is 11.7. The molecule has 35 heavy (non-hydrogen) atoms. The number of ether oxygens (including phenoxy) is 2. The summed E-state index contributed by atoms with van der Waals surface area (Å²) in [5.74, 6) is -1.50. The number of esters is 1. The van der Waals surface area contributed by atoms with Gasteiger partial charge in [0.25, 0.3) is 11.8 Å². The smallest absolute Gasteiger partial charge is 0.407 e. The summed E-state index contributed by atoms with van der Waals surface area (Å²) < 4.78 is 9.86. The predicted octanol–water partition coefficient (Wildman–Crippen LogP) is 2.53. The molecular formula is C24H31N3O7S. The van der Waals surface area contributed by atoms with E-state index in [1.54, 1.807) is 52.0 Å². The first-order chi connectivity index (χ1) is 16.4. The number of phenols is 1. The third kappa shape index (κ3) is 8.93. The van der Waals surface area contributed by atoms with Gasteiger partial charge in [-0.2, -0.15) is 0 Å². The molecule has 0 saturated carbocycles. The molecule has 11 heteroatoms. The third-order valence-corrected chi connectivity index (χ3v) is 5.83. The number of hydrogen-bond donors (Lipinski definition) is 4. The number of thiophene rings is 1. The van der Waals surface area contributed by atoms with Crippen molar-refractivity contribution in [3.05, 3.63) is 51.2 Å². The highest BCUT2D eigenvalue weighted by molar-refractivity contribution is 7.16. The van der Waals surface area contributed by atoms with Crippen LogP contribution in [-0.2, 0) is 20.7 Å². The van der Waals surface area contributed by atoms with Gasteiger partial charge in [-0.15, -0.1) is 11.3 Å². The molecule has 0 spiro atoms. The van der Waals surface area contributed by atoms with Crippen LogP contribution in [0.2, 0.25) is 0 Å². The minimum absolute atomic E-state index is 0.157. The van der Waals surface area contributed by atoms with Gasteiger partial charge in [-0.1, -0.05) is 12.1 Å². The van der Waals surface area contributed by atoms with Gasteiger partial charge in [0, 0.05) is 6.54 Å². The lowest BCUT2D eigenvalue weighted by Gasteiger charge is -2.21. The second kappa shape index (κ2) is 12.2. The number of alkyl carbamates (subject to hydrolysis) is 1. The van der Waals surface area contributed by atoms with Gasteiger partial charge in [0.15, 0.2) is 0 Å². The Balaban J connectivity index is 1.98. The molecule has 0 aliphatic heterocycles. The van der Waals surface area contributed by atoms with Gasteiger partial charge < -0.3 is 30.5 Å². The molecule has 0 radical (unpaired) electrons. The summed E-state index contributed by atoms with van der Waals surface area (Å²) in [7, 11) is 1.17. The lowest BCUT2D eigenvalue weighted by Crippen LogP contribution is -2.49. The van der Waals surface area contributed by atoms with E-state index < -0.39 is 29.6 Å². The van der Waals surface area contributed by atoms with Crippen molar-refractivity contribution in [1.29, 1.82) is 0 Å². The molecule has 1 aromatic carbocycles. The van der Waals surface area contributed by atoms with Crippen molar-refractivity contribution < 1.29 is 33.8 Å². The van der Waals surface area contributed by atoms with Crippen molar-refractivity contribution in [1.82, 2.24) is 16.0 Å². The minimum atomic E-state index is -1.15. The van der Waals surface area contributed by atoms with Crippen molar-refractivity contribution in [2.75, 3.05) is 20.2 Å². The number of aryl methyl sites for hydroxylation is 1. The SMILES string of the molecule is COC(=O)[C@H](CNC(=O)OC(C)(C)C)NC(=O)c1sc(C(=O)NCCc2cccc(O)c2)cc1C. The highest BCUT2D eigenvalue weighted by Crippen LogP contribution is 2.22. The summed E-state index contributed by atoms with van der Waals surface area (Å²) in [6, 6.07) is 7.21. The normalized spacial score (nSPS) is 11.8. The van der Waals surface area contributed by atoms with Crippen molar-refractivity contribution in [3.63, 3.8) is 0 Å². The first-order valence-electron chi connectivity index (χ1n) is 10.9. The Morgan fingerprint density at radius 2 is 1.80 bits per heavy atom. The standard InChI is InChI=1S/C24H31N3O7S/c1-14-11-18(20(29)25-10-9-15-7-6-8-16(28)12-15)35-19(14)21(30)27-17(22(31)33-5)13-26-23(32)34-24(2,3)4/h6-8,11-12,17,28H,9-10,13H2,1-5H3,(H,25,29)(H,26,32)(H,27,30)/t17-/m0/s1. The largest absolute Gasteiger partial charge is 0.508 e. The Morgan fingerprint density at radius 1 is 1.09 bits per heavy atom. The number of carbonyl (C=O) groups is 4. The average Bonchev–Trinajstić information content (AvgIpc) is 3.16. The summed E-state index contributed by atoms with van der Waals surface area (Å²) in [5, 5.41) is 17.3. The zero-order valence-electron chi connectivity index (χ0n) is 20.4. The molecule has 0 fully saturated rings. The molecule has 0 aliphatic rings. The minimum Gasteiger partial charge on any atom is -0.508 e. The lowest BCUT2D eigenvalue weighted by atomic mass is 10.1. The summed E-state index contributed by atoms with van der Waals surface area (Å²) in [5.41, 5.74) is 0.720. The number of rotatable bonds is 9. The van der Waals surface area contributed by atoms with Crippen LogP contribution < -0.4 is 16.0 Å². The third-order valence-electron chi connectivity index (χ3n) is 4.60. The van der Waals surface area contributed by atoms with Crippen LogP contribution in [0, 0.1) is 6.92 Å². The van der Waals surface area contributed by atoms with Gasteiger partial charge in [0.1, 0.15) is 17.4 Å². The zero-order valence-corrected chi connectivity index (χ0v) is 21.2. The monoisotopic (exact) mass is 505 g/mol. The van der Waals surface area contributed by atoms with E-state index in [1.807, 2.05) is 6.07 Å². The molecule has 0 aliphatic carbocycles. The second-order valence-electron chi connectivity index (χ2n) is 8.73. The van der Waals surface area contributed by atoms with E-state index in [2.05, 4.69) is 16.0 Å². The molecule has 1 atom stereocenters. The Morgan fingerprint density at radius 3 is 2.43 bits per heavy atom. The maximum Gasteiger partial charge on any atom is 0.407 e. The van der Waals surface area contributed by atoms with E-state index in [0.717, 1.165) is 16.9 Å². The summed E-state index contributed by atoms with van der Waals surface area (Å²) >= 11 is 0.990. The molecule has 1 aromatic heterocycles. The Hall–Kier alpha value is -3.60. The van der Waals surface area contributed by atoms with Gasteiger partial charge >= 0.3 is 12.1 Å². The zero-order chi connectivity index (χ0) is 26.2. The van der Waals surface area contributed by atoms with Gasteiger partial charge in [-0.3, -0.25) is 9.59 Å². The predicted molar refractivity (Wildman–Crippen MR) is 131 cm³/mol. The quantitative estimate of drug-likeness (QED) is 0.384. The second-order valence-corrected chi connectivity index (χ2v) is 9.78. The van der Waals surface area contributed by atoms with E-state index in [1.165, 1.54) is 7.11 Å². The van der Waals surface area contributed by atoms with Crippen molar-refractivity contribution >= 4 is 35.2 Å². The van der Waals surface area contributed by atoms with E-state index in [4.69, 9.17) is 9.47 Å². The number of nitrogens with one attached hydrogen (secondary N) is 3. The maximum atomic E-state index is 12.8. The van der Waals surface area contributed by atoms with Gasteiger partial charge in [-0.25, -0.2) is 9.59 Å². The summed E-state index contributed by atoms with van der Waals surface area (Å²) in [4.78, 5) is 50.0. The molecule has 2 aromatic rings. The van der Waals surface area contributed by atoms with Gasteiger partial charge in [-0.05, 0) is 63.4 Å². The molecule has 2 rings (SSSR count).